The van der Waals surface area contributed by atoms with Crippen molar-refractivity contribution in [2.75, 3.05) is 14.2 Å². The first kappa shape index (κ1) is 21.4. The lowest BCUT2D eigenvalue weighted by molar-refractivity contribution is -0.137. The smallest absolute Gasteiger partial charge is 0.336 e. The topological polar surface area (TPSA) is 55.8 Å². The maximum absolute atomic E-state index is 12.7. The monoisotopic (exact) mass is 405 g/mol. The third kappa shape index (κ3) is 4.79. The molecule has 3 rings (SSSR count). The lowest BCUT2D eigenvalue weighted by Crippen LogP contribution is -2.33. The number of carbonyl (C=O) groups excluding carboxylic acids is 2. The summed E-state index contributed by atoms with van der Waals surface area (Å²) in [6.07, 6.45) is 5.34. The van der Waals surface area contributed by atoms with Crippen LogP contribution in [0, 0.1) is 0 Å². The predicted octanol–water partition coefficient (Wildman–Crippen LogP) is 4.22. The number of aryl methyl sites for hydroxylation is 1. The minimum atomic E-state index is -0.538. The molecule has 1 heterocycles. The van der Waals surface area contributed by atoms with Crippen molar-refractivity contribution in [1.82, 2.24) is 4.90 Å². The molecule has 0 fully saturated rings. The van der Waals surface area contributed by atoms with Crippen molar-refractivity contribution in [3.63, 3.8) is 0 Å². The second-order valence-corrected chi connectivity index (χ2v) is 7.32. The molecule has 1 unspecified atom stereocenters. The minimum absolute atomic E-state index is 0.0706. The van der Waals surface area contributed by atoms with E-state index in [9.17, 15) is 9.59 Å². The zero-order valence-electron chi connectivity index (χ0n) is 17.6. The highest BCUT2D eigenvalue weighted by molar-refractivity contribution is 5.98. The van der Waals surface area contributed by atoms with Crippen LogP contribution in [0.3, 0.4) is 0 Å². The SMILES string of the molecule is COC(=O)C1=CN(C(C)CCc2ccccc2)C=C(C(=O)OC)C1c1ccccc1. The number of hydrogen-bond acceptors (Lipinski definition) is 5. The molecule has 156 valence electrons. The van der Waals surface area contributed by atoms with Gasteiger partial charge >= 0.3 is 11.9 Å². The number of esters is 2. The maximum Gasteiger partial charge on any atom is 0.336 e. The number of nitrogens with zero attached hydrogens (tertiary/aromatic N) is 1. The van der Waals surface area contributed by atoms with Gasteiger partial charge < -0.3 is 14.4 Å². The summed E-state index contributed by atoms with van der Waals surface area (Å²) in [5, 5.41) is 0. The molecule has 0 saturated carbocycles. The van der Waals surface area contributed by atoms with Gasteiger partial charge in [-0.25, -0.2) is 9.59 Å². The Bertz CT molecular complexity index is 900. The first-order valence-corrected chi connectivity index (χ1v) is 10.0. The summed E-state index contributed by atoms with van der Waals surface area (Å²) in [5.74, 6) is -1.46. The molecule has 0 radical (unpaired) electrons. The van der Waals surface area contributed by atoms with Crippen LogP contribution in [0.4, 0.5) is 0 Å². The predicted molar refractivity (Wildman–Crippen MR) is 115 cm³/mol. The molecule has 1 atom stereocenters. The van der Waals surface area contributed by atoms with E-state index in [2.05, 4.69) is 19.1 Å². The van der Waals surface area contributed by atoms with E-state index in [0.29, 0.717) is 11.1 Å². The summed E-state index contributed by atoms with van der Waals surface area (Å²) in [4.78, 5) is 27.2. The van der Waals surface area contributed by atoms with Crippen LogP contribution in [-0.2, 0) is 25.5 Å². The quantitative estimate of drug-likeness (QED) is 0.646. The molecule has 1 aliphatic rings. The largest absolute Gasteiger partial charge is 0.466 e. The van der Waals surface area contributed by atoms with Gasteiger partial charge in [0, 0.05) is 18.4 Å². The van der Waals surface area contributed by atoms with Crippen molar-refractivity contribution in [2.24, 2.45) is 0 Å². The molecule has 0 amide bonds. The van der Waals surface area contributed by atoms with Gasteiger partial charge in [0.25, 0.3) is 0 Å². The average Bonchev–Trinajstić information content (AvgIpc) is 2.81. The van der Waals surface area contributed by atoms with Gasteiger partial charge in [-0.1, -0.05) is 60.7 Å². The Balaban J connectivity index is 1.94. The summed E-state index contributed by atoms with van der Waals surface area (Å²) < 4.78 is 10.1. The zero-order valence-corrected chi connectivity index (χ0v) is 17.6. The molecular weight excluding hydrogens is 378 g/mol. The number of hydrogen-bond donors (Lipinski definition) is 0. The van der Waals surface area contributed by atoms with E-state index in [0.717, 1.165) is 18.4 Å². The second kappa shape index (κ2) is 9.92. The van der Waals surface area contributed by atoms with Crippen molar-refractivity contribution >= 4 is 11.9 Å². The summed E-state index contributed by atoms with van der Waals surface area (Å²) in [5.41, 5.74) is 2.91. The Hall–Kier alpha value is -3.34. The van der Waals surface area contributed by atoms with E-state index >= 15 is 0 Å². The summed E-state index contributed by atoms with van der Waals surface area (Å²) in [6.45, 7) is 2.07. The van der Waals surface area contributed by atoms with E-state index < -0.39 is 17.9 Å². The summed E-state index contributed by atoms with van der Waals surface area (Å²) >= 11 is 0. The molecule has 0 spiro atoms. The van der Waals surface area contributed by atoms with Crippen molar-refractivity contribution in [1.29, 1.82) is 0 Å². The van der Waals surface area contributed by atoms with Crippen LogP contribution in [0.15, 0.2) is 84.2 Å². The number of methoxy groups -OCH3 is 2. The highest BCUT2D eigenvalue weighted by atomic mass is 16.5. The van der Waals surface area contributed by atoms with E-state index in [-0.39, 0.29) is 6.04 Å². The van der Waals surface area contributed by atoms with Crippen LogP contribution in [0.5, 0.6) is 0 Å². The first-order valence-electron chi connectivity index (χ1n) is 10.0. The normalized spacial score (nSPS) is 15.1. The summed E-state index contributed by atoms with van der Waals surface area (Å²) in [6, 6.07) is 19.8. The fourth-order valence-corrected chi connectivity index (χ4v) is 3.68. The molecule has 0 bridgehead atoms. The fourth-order valence-electron chi connectivity index (χ4n) is 3.68. The molecule has 30 heavy (non-hydrogen) atoms. The van der Waals surface area contributed by atoms with E-state index in [4.69, 9.17) is 9.47 Å². The first-order chi connectivity index (χ1) is 14.5. The number of rotatable bonds is 7. The van der Waals surface area contributed by atoms with Crippen LogP contribution >= 0.6 is 0 Å². The average molecular weight is 405 g/mol. The molecule has 0 saturated heterocycles. The number of ether oxygens (including phenoxy) is 2. The third-order valence-corrected chi connectivity index (χ3v) is 5.38. The van der Waals surface area contributed by atoms with Crippen LogP contribution in [0.25, 0.3) is 0 Å². The molecule has 5 heteroatoms. The molecule has 0 aliphatic carbocycles. The standard InChI is InChI=1S/C25H27NO4/c1-18(14-15-19-10-6-4-7-11-19)26-16-21(24(27)29-2)23(20-12-8-5-9-13-20)22(17-26)25(28)30-3/h4-13,16-18,23H,14-15H2,1-3H3. The molecular formula is C25H27NO4. The third-order valence-electron chi connectivity index (χ3n) is 5.38. The maximum atomic E-state index is 12.7. The van der Waals surface area contributed by atoms with Crippen molar-refractivity contribution in [2.45, 2.75) is 31.7 Å². The highest BCUT2D eigenvalue weighted by Gasteiger charge is 2.35. The summed E-state index contributed by atoms with van der Waals surface area (Å²) in [7, 11) is 2.70. The van der Waals surface area contributed by atoms with Gasteiger partial charge in [0.2, 0.25) is 0 Å². The Morgan fingerprint density at radius 3 is 1.87 bits per heavy atom. The zero-order chi connectivity index (χ0) is 21.5. The molecule has 5 nitrogen and oxygen atoms in total. The van der Waals surface area contributed by atoms with E-state index in [1.54, 1.807) is 12.4 Å². The van der Waals surface area contributed by atoms with Gasteiger partial charge in [0.15, 0.2) is 0 Å². The van der Waals surface area contributed by atoms with Gasteiger partial charge in [-0.15, -0.1) is 0 Å². The van der Waals surface area contributed by atoms with E-state index in [1.165, 1.54) is 19.8 Å². The van der Waals surface area contributed by atoms with Crippen molar-refractivity contribution in [3.8, 4) is 0 Å². The molecule has 0 aromatic heterocycles. The minimum Gasteiger partial charge on any atom is -0.466 e. The van der Waals surface area contributed by atoms with Crippen LogP contribution < -0.4 is 0 Å². The Labute approximate surface area is 177 Å². The fraction of sp³-hybridized carbons (Fsp3) is 0.280. The van der Waals surface area contributed by atoms with Gasteiger partial charge in [-0.2, -0.15) is 0 Å². The van der Waals surface area contributed by atoms with Gasteiger partial charge in [0.1, 0.15) is 0 Å². The lowest BCUT2D eigenvalue weighted by Gasteiger charge is -2.33. The Kier molecular flexibility index (Phi) is 7.07. The van der Waals surface area contributed by atoms with Gasteiger partial charge in [0.05, 0.1) is 31.3 Å². The van der Waals surface area contributed by atoms with Crippen molar-refractivity contribution < 1.29 is 19.1 Å². The highest BCUT2D eigenvalue weighted by Crippen LogP contribution is 2.37. The van der Waals surface area contributed by atoms with E-state index in [1.807, 2.05) is 53.4 Å². The Morgan fingerprint density at radius 1 is 0.867 bits per heavy atom. The second-order valence-electron chi connectivity index (χ2n) is 7.32. The molecule has 1 aliphatic heterocycles. The van der Waals surface area contributed by atoms with Gasteiger partial charge in [-0.3, -0.25) is 0 Å². The number of benzene rings is 2. The molecule has 2 aromatic carbocycles. The van der Waals surface area contributed by atoms with Crippen LogP contribution in [0.2, 0.25) is 0 Å². The van der Waals surface area contributed by atoms with Gasteiger partial charge in [-0.05, 0) is 30.9 Å². The Morgan fingerprint density at radius 2 is 1.37 bits per heavy atom. The van der Waals surface area contributed by atoms with Crippen LogP contribution in [-0.4, -0.2) is 37.1 Å². The lowest BCUT2D eigenvalue weighted by atomic mass is 9.83. The van der Waals surface area contributed by atoms with Crippen molar-refractivity contribution in [3.05, 3.63) is 95.3 Å². The molecule has 0 N–H and O–H groups in total. The molecule has 2 aromatic rings. The number of carbonyl (C=O) groups is 2. The van der Waals surface area contributed by atoms with Crippen LogP contribution in [0.1, 0.15) is 30.4 Å².